The van der Waals surface area contributed by atoms with Crippen LogP contribution in [0, 0.1) is 5.92 Å². The molecule has 2 unspecified atom stereocenters. The Kier molecular flexibility index (Phi) is 5.27. The quantitative estimate of drug-likeness (QED) is 0.848. The van der Waals surface area contributed by atoms with E-state index in [1.165, 1.54) is 38.6 Å². The number of hydrogen-bond acceptors (Lipinski definition) is 3. The smallest absolute Gasteiger partial charge is 0.0749 e. The largest absolute Gasteiger partial charge is 0.377 e. The van der Waals surface area contributed by atoms with Gasteiger partial charge < -0.3 is 10.1 Å². The van der Waals surface area contributed by atoms with Gasteiger partial charge >= 0.3 is 0 Å². The minimum Gasteiger partial charge on any atom is -0.377 e. The van der Waals surface area contributed by atoms with Gasteiger partial charge in [0.15, 0.2) is 0 Å². The average Bonchev–Trinajstić information content (AvgIpc) is 2.42. The molecule has 0 spiro atoms. The standard InChI is InChI=1S/C16H32N2O/c1-13-10-17-15(14-8-6-5-7-9-14)11-18(13)12-16(2,3)19-4/h13-15,17H,5-12H2,1-4H3. The molecule has 0 bridgehead atoms. The third-order valence-corrected chi connectivity index (χ3v) is 5.09. The molecule has 2 atom stereocenters. The first kappa shape index (κ1) is 15.3. The molecule has 1 aliphatic carbocycles. The maximum Gasteiger partial charge on any atom is 0.0749 e. The van der Waals surface area contributed by atoms with Crippen molar-refractivity contribution in [3.63, 3.8) is 0 Å². The summed E-state index contributed by atoms with van der Waals surface area (Å²) in [7, 11) is 1.82. The lowest BCUT2D eigenvalue weighted by Gasteiger charge is -2.45. The normalized spacial score (nSPS) is 31.6. The molecule has 2 rings (SSSR count). The third kappa shape index (κ3) is 4.17. The highest BCUT2D eigenvalue weighted by Crippen LogP contribution is 2.28. The Morgan fingerprint density at radius 1 is 1.21 bits per heavy atom. The van der Waals surface area contributed by atoms with Gasteiger partial charge in [-0.3, -0.25) is 4.90 Å². The lowest BCUT2D eigenvalue weighted by molar-refractivity contribution is -0.0285. The predicted octanol–water partition coefficient (Wildman–Crippen LogP) is 2.65. The Morgan fingerprint density at radius 3 is 2.53 bits per heavy atom. The Hall–Kier alpha value is -0.120. The summed E-state index contributed by atoms with van der Waals surface area (Å²) in [6.45, 7) is 10.1. The molecule has 1 N–H and O–H groups in total. The van der Waals surface area contributed by atoms with Crippen LogP contribution in [-0.2, 0) is 4.74 Å². The van der Waals surface area contributed by atoms with E-state index < -0.39 is 0 Å². The summed E-state index contributed by atoms with van der Waals surface area (Å²) in [5.41, 5.74) is -0.0390. The van der Waals surface area contributed by atoms with Crippen LogP contribution in [0.2, 0.25) is 0 Å². The van der Waals surface area contributed by atoms with Crippen molar-refractivity contribution in [3.8, 4) is 0 Å². The van der Waals surface area contributed by atoms with Gasteiger partial charge in [0.2, 0.25) is 0 Å². The van der Waals surface area contributed by atoms with Crippen molar-refractivity contribution in [3.05, 3.63) is 0 Å². The average molecular weight is 268 g/mol. The van der Waals surface area contributed by atoms with Crippen LogP contribution in [0.4, 0.5) is 0 Å². The second kappa shape index (κ2) is 6.55. The van der Waals surface area contributed by atoms with E-state index in [1.54, 1.807) is 0 Å². The monoisotopic (exact) mass is 268 g/mol. The van der Waals surface area contributed by atoms with Crippen LogP contribution in [-0.4, -0.2) is 49.3 Å². The van der Waals surface area contributed by atoms with E-state index in [1.807, 2.05) is 7.11 Å². The van der Waals surface area contributed by atoms with E-state index in [2.05, 4.69) is 31.0 Å². The van der Waals surface area contributed by atoms with Crippen molar-refractivity contribution in [1.29, 1.82) is 0 Å². The lowest BCUT2D eigenvalue weighted by atomic mass is 9.82. The van der Waals surface area contributed by atoms with E-state index in [0.29, 0.717) is 12.1 Å². The number of nitrogens with zero attached hydrogens (tertiary/aromatic N) is 1. The second-order valence-corrected chi connectivity index (χ2v) is 7.16. The molecule has 0 amide bonds. The summed E-state index contributed by atoms with van der Waals surface area (Å²) in [5.74, 6) is 0.898. The molecular weight excluding hydrogens is 236 g/mol. The summed E-state index contributed by atoms with van der Waals surface area (Å²) >= 11 is 0. The molecule has 2 aliphatic rings. The van der Waals surface area contributed by atoms with E-state index in [4.69, 9.17) is 4.74 Å². The fourth-order valence-corrected chi connectivity index (χ4v) is 3.57. The maximum absolute atomic E-state index is 5.61. The molecule has 0 aromatic carbocycles. The van der Waals surface area contributed by atoms with Crippen molar-refractivity contribution in [2.75, 3.05) is 26.7 Å². The van der Waals surface area contributed by atoms with Crippen LogP contribution < -0.4 is 5.32 Å². The Balaban J connectivity index is 1.91. The summed E-state index contributed by atoms with van der Waals surface area (Å²) in [6.07, 6.45) is 7.16. The SMILES string of the molecule is COC(C)(C)CN1CC(C2CCCCC2)NCC1C. The van der Waals surface area contributed by atoms with Crippen molar-refractivity contribution < 1.29 is 4.74 Å². The second-order valence-electron chi connectivity index (χ2n) is 7.16. The van der Waals surface area contributed by atoms with Gasteiger partial charge in [0, 0.05) is 38.8 Å². The fourth-order valence-electron chi connectivity index (χ4n) is 3.57. The number of piperazine rings is 1. The van der Waals surface area contributed by atoms with Crippen LogP contribution in [0.1, 0.15) is 52.9 Å². The molecule has 2 fully saturated rings. The molecule has 1 saturated heterocycles. The molecular formula is C16H32N2O. The van der Waals surface area contributed by atoms with Gasteiger partial charge in [-0.25, -0.2) is 0 Å². The van der Waals surface area contributed by atoms with E-state index in [0.717, 1.165) is 19.0 Å². The van der Waals surface area contributed by atoms with Gasteiger partial charge in [0.05, 0.1) is 5.60 Å². The van der Waals surface area contributed by atoms with Crippen LogP contribution in [0.25, 0.3) is 0 Å². The van der Waals surface area contributed by atoms with Crippen molar-refractivity contribution >= 4 is 0 Å². The summed E-state index contributed by atoms with van der Waals surface area (Å²) in [6, 6.07) is 1.32. The molecule has 0 aromatic heterocycles. The summed E-state index contributed by atoms with van der Waals surface area (Å²) < 4.78 is 5.61. The minimum atomic E-state index is -0.0390. The zero-order valence-electron chi connectivity index (χ0n) is 13.2. The van der Waals surface area contributed by atoms with E-state index >= 15 is 0 Å². The number of hydrogen-bond donors (Lipinski definition) is 1. The first-order chi connectivity index (χ1) is 9.02. The van der Waals surface area contributed by atoms with Crippen LogP contribution in [0.15, 0.2) is 0 Å². The Morgan fingerprint density at radius 2 is 1.89 bits per heavy atom. The molecule has 0 aromatic rings. The molecule has 3 heteroatoms. The van der Waals surface area contributed by atoms with Crippen molar-refractivity contribution in [2.45, 2.75) is 70.6 Å². The van der Waals surface area contributed by atoms with Crippen molar-refractivity contribution in [1.82, 2.24) is 10.2 Å². The van der Waals surface area contributed by atoms with E-state index in [9.17, 15) is 0 Å². The van der Waals surface area contributed by atoms with Crippen LogP contribution >= 0.6 is 0 Å². The van der Waals surface area contributed by atoms with Gasteiger partial charge in [0.1, 0.15) is 0 Å². The minimum absolute atomic E-state index is 0.0390. The highest BCUT2D eigenvalue weighted by atomic mass is 16.5. The number of rotatable bonds is 4. The highest BCUT2D eigenvalue weighted by molar-refractivity contribution is 4.91. The molecule has 1 aliphatic heterocycles. The first-order valence-electron chi connectivity index (χ1n) is 8.04. The van der Waals surface area contributed by atoms with E-state index in [-0.39, 0.29) is 5.60 Å². The molecule has 1 saturated carbocycles. The Labute approximate surface area is 119 Å². The Bertz CT molecular complexity index is 274. The van der Waals surface area contributed by atoms with Crippen LogP contribution in [0.3, 0.4) is 0 Å². The highest BCUT2D eigenvalue weighted by Gasteiger charge is 2.33. The fraction of sp³-hybridized carbons (Fsp3) is 1.00. The molecule has 0 radical (unpaired) electrons. The van der Waals surface area contributed by atoms with Gasteiger partial charge in [-0.15, -0.1) is 0 Å². The van der Waals surface area contributed by atoms with Gasteiger partial charge in [-0.05, 0) is 39.5 Å². The van der Waals surface area contributed by atoms with Crippen molar-refractivity contribution in [2.24, 2.45) is 5.92 Å². The number of methoxy groups -OCH3 is 1. The molecule has 3 nitrogen and oxygen atoms in total. The first-order valence-corrected chi connectivity index (χ1v) is 8.04. The topological polar surface area (TPSA) is 24.5 Å². The maximum atomic E-state index is 5.61. The third-order valence-electron chi connectivity index (χ3n) is 5.09. The zero-order chi connectivity index (χ0) is 13.9. The number of ether oxygens (including phenoxy) is 1. The lowest BCUT2D eigenvalue weighted by Crippen LogP contribution is -2.60. The number of nitrogens with one attached hydrogen (secondary N) is 1. The van der Waals surface area contributed by atoms with Gasteiger partial charge in [-0.2, -0.15) is 0 Å². The molecule has 112 valence electrons. The van der Waals surface area contributed by atoms with Crippen LogP contribution in [0.5, 0.6) is 0 Å². The predicted molar refractivity (Wildman–Crippen MR) is 80.5 cm³/mol. The summed E-state index contributed by atoms with van der Waals surface area (Å²) in [5, 5.41) is 3.79. The summed E-state index contributed by atoms with van der Waals surface area (Å²) in [4.78, 5) is 2.62. The van der Waals surface area contributed by atoms with Gasteiger partial charge in [0.25, 0.3) is 0 Å². The molecule has 19 heavy (non-hydrogen) atoms. The molecule has 1 heterocycles. The van der Waals surface area contributed by atoms with Gasteiger partial charge in [-0.1, -0.05) is 19.3 Å². The zero-order valence-corrected chi connectivity index (χ0v) is 13.2.